The van der Waals surface area contributed by atoms with Crippen molar-refractivity contribution in [3.05, 3.63) is 29.8 Å². The van der Waals surface area contributed by atoms with Crippen molar-refractivity contribution in [2.75, 3.05) is 18.9 Å². The maximum atomic E-state index is 11.7. The molecule has 0 radical (unpaired) electrons. The molecule has 0 aromatic heterocycles. The summed E-state index contributed by atoms with van der Waals surface area (Å²) in [6.45, 7) is 2.95. The zero-order valence-corrected chi connectivity index (χ0v) is 10.2. The molecule has 1 aromatic carbocycles. The molecule has 90 valence electrons. The number of carbonyl (C=O) groups excluding carboxylic acids is 1. The molecule has 1 aromatic rings. The summed E-state index contributed by atoms with van der Waals surface area (Å²) in [5, 5.41) is 2.80. The quantitative estimate of drug-likeness (QED) is 0.807. The van der Waals surface area contributed by atoms with E-state index >= 15 is 0 Å². The minimum absolute atomic E-state index is 0.289. The van der Waals surface area contributed by atoms with Gasteiger partial charge in [0.1, 0.15) is 5.84 Å². The van der Waals surface area contributed by atoms with Gasteiger partial charge in [0.05, 0.1) is 0 Å². The fraction of sp³-hybridized carbons (Fsp3) is 0.385. The van der Waals surface area contributed by atoms with Crippen molar-refractivity contribution >= 4 is 17.6 Å². The number of aryl methyl sites for hydroxylation is 1. The summed E-state index contributed by atoms with van der Waals surface area (Å²) in [5.74, 6) is 0.871. The highest BCUT2D eigenvalue weighted by atomic mass is 16.2. The fourth-order valence-corrected chi connectivity index (χ4v) is 1.91. The van der Waals surface area contributed by atoms with Crippen LogP contribution in [0.1, 0.15) is 18.4 Å². The first-order valence-electron chi connectivity index (χ1n) is 5.82. The smallest absolute Gasteiger partial charge is 0.347 e. The van der Waals surface area contributed by atoms with Crippen molar-refractivity contribution < 1.29 is 4.79 Å². The van der Waals surface area contributed by atoms with Gasteiger partial charge in [-0.25, -0.2) is 4.79 Å². The minimum atomic E-state index is -0.289. The summed E-state index contributed by atoms with van der Waals surface area (Å²) in [4.78, 5) is 17.9. The second kappa shape index (κ2) is 4.99. The number of hydrogen-bond donors (Lipinski definition) is 1. The zero-order valence-electron chi connectivity index (χ0n) is 10.2. The van der Waals surface area contributed by atoms with Gasteiger partial charge >= 0.3 is 6.03 Å². The van der Waals surface area contributed by atoms with Crippen LogP contribution in [-0.4, -0.2) is 30.4 Å². The summed E-state index contributed by atoms with van der Waals surface area (Å²) in [5.41, 5.74) is 1.86. The molecule has 0 bridgehead atoms. The molecule has 4 heteroatoms. The van der Waals surface area contributed by atoms with E-state index in [9.17, 15) is 4.79 Å². The molecule has 2 rings (SSSR count). The zero-order chi connectivity index (χ0) is 12.3. The number of carbonyl (C=O) groups is 1. The largest absolute Gasteiger partial charge is 0.363 e. The van der Waals surface area contributed by atoms with Crippen LogP contribution in [0.3, 0.4) is 0 Å². The molecular formula is C13H17N3O. The molecule has 2 amide bonds. The van der Waals surface area contributed by atoms with Crippen molar-refractivity contribution in [3.8, 4) is 0 Å². The van der Waals surface area contributed by atoms with E-state index in [0.717, 1.165) is 36.5 Å². The van der Waals surface area contributed by atoms with Gasteiger partial charge < -0.3 is 10.2 Å². The molecule has 17 heavy (non-hydrogen) atoms. The van der Waals surface area contributed by atoms with E-state index in [0.29, 0.717) is 0 Å². The second-order valence-corrected chi connectivity index (χ2v) is 4.30. The molecule has 1 saturated heterocycles. The normalized spacial score (nSPS) is 17.5. The number of aliphatic imine (C=N–C) groups is 1. The predicted octanol–water partition coefficient (Wildman–Crippen LogP) is 2.65. The number of urea groups is 1. The third kappa shape index (κ3) is 2.84. The number of nitrogens with zero attached hydrogens (tertiary/aromatic N) is 2. The average Bonchev–Trinajstić information content (AvgIpc) is 2.68. The Balaban J connectivity index is 2.05. The van der Waals surface area contributed by atoms with Crippen molar-refractivity contribution in [1.29, 1.82) is 0 Å². The van der Waals surface area contributed by atoms with Crippen LogP contribution in [-0.2, 0) is 0 Å². The Morgan fingerprint density at radius 2 is 2.18 bits per heavy atom. The Bertz CT molecular complexity index is 454. The number of hydrogen-bond acceptors (Lipinski definition) is 1. The Morgan fingerprint density at radius 3 is 2.82 bits per heavy atom. The number of amides is 2. The third-order valence-corrected chi connectivity index (χ3v) is 2.95. The number of para-hydroxylation sites is 1. The summed E-state index contributed by atoms with van der Waals surface area (Å²) >= 11 is 0. The predicted molar refractivity (Wildman–Crippen MR) is 69.5 cm³/mol. The Labute approximate surface area is 101 Å². The summed E-state index contributed by atoms with van der Waals surface area (Å²) in [7, 11) is 1.97. The number of amidine groups is 1. The van der Waals surface area contributed by atoms with Gasteiger partial charge in [0.15, 0.2) is 0 Å². The van der Waals surface area contributed by atoms with Gasteiger partial charge in [-0.05, 0) is 25.0 Å². The Hall–Kier alpha value is -1.84. The first-order valence-corrected chi connectivity index (χ1v) is 5.82. The molecule has 0 aliphatic carbocycles. The number of benzene rings is 1. The van der Waals surface area contributed by atoms with Crippen LogP contribution >= 0.6 is 0 Å². The molecule has 1 N–H and O–H groups in total. The monoisotopic (exact) mass is 231 g/mol. The molecular weight excluding hydrogens is 214 g/mol. The maximum absolute atomic E-state index is 11.7. The van der Waals surface area contributed by atoms with Crippen LogP contribution in [0.5, 0.6) is 0 Å². The van der Waals surface area contributed by atoms with Crippen LogP contribution in [0.2, 0.25) is 0 Å². The van der Waals surface area contributed by atoms with Gasteiger partial charge in [-0.2, -0.15) is 4.99 Å². The van der Waals surface area contributed by atoms with E-state index in [1.54, 1.807) is 0 Å². The maximum Gasteiger partial charge on any atom is 0.347 e. The third-order valence-electron chi connectivity index (χ3n) is 2.95. The number of rotatable bonds is 1. The molecule has 1 fully saturated rings. The summed E-state index contributed by atoms with van der Waals surface area (Å²) in [6, 6.07) is 7.40. The molecule has 4 nitrogen and oxygen atoms in total. The van der Waals surface area contributed by atoms with Crippen LogP contribution in [0, 0.1) is 6.92 Å². The van der Waals surface area contributed by atoms with Gasteiger partial charge in [0.2, 0.25) is 0 Å². The highest BCUT2D eigenvalue weighted by molar-refractivity contribution is 6.00. The standard InChI is InChI=1S/C13H17N3O/c1-10-6-3-4-7-11(10)14-13(17)15-12-8-5-9-16(12)2/h3-4,6-7H,5,8-9H2,1-2H3,(H,14,17)/b15-12+. The van der Waals surface area contributed by atoms with E-state index in [-0.39, 0.29) is 6.03 Å². The number of likely N-dealkylation sites (tertiary alicyclic amines) is 1. The van der Waals surface area contributed by atoms with Crippen molar-refractivity contribution in [2.45, 2.75) is 19.8 Å². The Morgan fingerprint density at radius 1 is 1.41 bits per heavy atom. The SMILES string of the molecule is Cc1ccccc1NC(=O)/N=C1\CCCN1C. The lowest BCUT2D eigenvalue weighted by Gasteiger charge is -2.11. The van der Waals surface area contributed by atoms with Gasteiger partial charge in [-0.3, -0.25) is 0 Å². The highest BCUT2D eigenvalue weighted by Gasteiger charge is 2.15. The van der Waals surface area contributed by atoms with E-state index in [1.165, 1.54) is 0 Å². The Kier molecular flexibility index (Phi) is 3.42. The molecule has 1 heterocycles. The van der Waals surface area contributed by atoms with E-state index in [2.05, 4.69) is 10.3 Å². The molecule has 0 saturated carbocycles. The van der Waals surface area contributed by atoms with Gasteiger partial charge in [0, 0.05) is 25.7 Å². The van der Waals surface area contributed by atoms with Crippen molar-refractivity contribution in [1.82, 2.24) is 4.90 Å². The highest BCUT2D eigenvalue weighted by Crippen LogP contribution is 2.14. The van der Waals surface area contributed by atoms with E-state index in [4.69, 9.17) is 0 Å². The molecule has 1 aliphatic rings. The lowest BCUT2D eigenvalue weighted by atomic mass is 10.2. The lowest BCUT2D eigenvalue weighted by molar-refractivity contribution is 0.259. The summed E-state index contributed by atoms with van der Waals surface area (Å²) in [6.07, 6.45) is 1.96. The van der Waals surface area contributed by atoms with Crippen LogP contribution in [0.25, 0.3) is 0 Å². The molecule has 0 spiro atoms. The minimum Gasteiger partial charge on any atom is -0.363 e. The van der Waals surface area contributed by atoms with Crippen LogP contribution in [0.15, 0.2) is 29.3 Å². The van der Waals surface area contributed by atoms with E-state index in [1.807, 2.05) is 43.1 Å². The molecule has 0 unspecified atom stereocenters. The van der Waals surface area contributed by atoms with Crippen molar-refractivity contribution in [3.63, 3.8) is 0 Å². The van der Waals surface area contributed by atoms with Gasteiger partial charge in [0.25, 0.3) is 0 Å². The first kappa shape index (κ1) is 11.6. The van der Waals surface area contributed by atoms with Crippen LogP contribution < -0.4 is 5.32 Å². The topological polar surface area (TPSA) is 44.7 Å². The van der Waals surface area contributed by atoms with Gasteiger partial charge in [-0.1, -0.05) is 18.2 Å². The number of anilines is 1. The van der Waals surface area contributed by atoms with Gasteiger partial charge in [-0.15, -0.1) is 0 Å². The van der Waals surface area contributed by atoms with Crippen LogP contribution in [0.4, 0.5) is 10.5 Å². The van der Waals surface area contributed by atoms with E-state index < -0.39 is 0 Å². The average molecular weight is 231 g/mol. The first-order chi connectivity index (χ1) is 8.16. The van der Waals surface area contributed by atoms with Crippen molar-refractivity contribution in [2.24, 2.45) is 4.99 Å². The lowest BCUT2D eigenvalue weighted by Crippen LogP contribution is -2.21. The summed E-state index contributed by atoms with van der Waals surface area (Å²) < 4.78 is 0. The molecule has 1 aliphatic heterocycles. The molecule has 0 atom stereocenters. The second-order valence-electron chi connectivity index (χ2n) is 4.30. The fourth-order valence-electron chi connectivity index (χ4n) is 1.91. The number of nitrogens with one attached hydrogen (secondary N) is 1.